The van der Waals surface area contributed by atoms with Crippen LogP contribution in [0.1, 0.15) is 29.0 Å². The SMILES string of the molecule is O=C(N[C@H]1CN2CCC1CC2)c1ccc(Sc2ncc(C(F)(F)F)o2)cc1. The molecule has 2 bridgehead atoms. The van der Waals surface area contributed by atoms with Crippen molar-refractivity contribution in [3.8, 4) is 0 Å². The topological polar surface area (TPSA) is 58.4 Å². The Kier molecular flexibility index (Phi) is 4.90. The number of rotatable bonds is 4. The summed E-state index contributed by atoms with van der Waals surface area (Å²) in [7, 11) is 0. The zero-order valence-corrected chi connectivity index (χ0v) is 15.1. The Morgan fingerprint density at radius 3 is 2.48 bits per heavy atom. The van der Waals surface area contributed by atoms with Crippen LogP contribution in [0.4, 0.5) is 13.2 Å². The van der Waals surface area contributed by atoms with Crippen molar-refractivity contribution in [2.24, 2.45) is 5.92 Å². The summed E-state index contributed by atoms with van der Waals surface area (Å²) >= 11 is 0.974. The zero-order valence-electron chi connectivity index (χ0n) is 14.3. The molecule has 5 nitrogen and oxygen atoms in total. The highest BCUT2D eigenvalue weighted by Crippen LogP contribution is 2.34. The first-order valence-corrected chi connectivity index (χ1v) is 9.54. The molecule has 3 fully saturated rings. The van der Waals surface area contributed by atoms with Crippen molar-refractivity contribution in [2.75, 3.05) is 19.6 Å². The molecule has 3 saturated heterocycles. The number of halogens is 3. The molecule has 3 aliphatic heterocycles. The molecule has 0 unspecified atom stereocenters. The van der Waals surface area contributed by atoms with Crippen LogP contribution in [0.3, 0.4) is 0 Å². The summed E-state index contributed by atoms with van der Waals surface area (Å²) in [6, 6.07) is 6.85. The Hall–Kier alpha value is -2.00. The maximum absolute atomic E-state index is 12.5. The van der Waals surface area contributed by atoms with E-state index in [0.717, 1.165) is 44.2 Å². The molecule has 0 spiro atoms. The number of carbonyl (C=O) groups is 1. The normalized spacial score (nSPS) is 24.8. The lowest BCUT2D eigenvalue weighted by Gasteiger charge is -2.44. The molecule has 1 aromatic carbocycles. The second-order valence-electron chi connectivity index (χ2n) is 6.83. The molecule has 4 heterocycles. The summed E-state index contributed by atoms with van der Waals surface area (Å²) in [5.41, 5.74) is 0.527. The molecule has 1 aromatic heterocycles. The van der Waals surface area contributed by atoms with Crippen LogP contribution in [0.2, 0.25) is 0 Å². The van der Waals surface area contributed by atoms with Crippen LogP contribution in [0.15, 0.2) is 45.0 Å². The van der Waals surface area contributed by atoms with E-state index in [1.165, 1.54) is 0 Å². The van der Waals surface area contributed by atoms with E-state index < -0.39 is 11.9 Å². The third kappa shape index (κ3) is 4.14. The minimum Gasteiger partial charge on any atom is -0.427 e. The number of hydrogen-bond donors (Lipinski definition) is 1. The second-order valence-corrected chi connectivity index (χ2v) is 7.86. The Morgan fingerprint density at radius 2 is 1.93 bits per heavy atom. The molecule has 9 heteroatoms. The smallest absolute Gasteiger partial charge is 0.427 e. The minimum absolute atomic E-state index is 0.0909. The van der Waals surface area contributed by atoms with Gasteiger partial charge in [0.1, 0.15) is 0 Å². The first kappa shape index (κ1) is 18.4. The monoisotopic (exact) mass is 397 g/mol. The van der Waals surface area contributed by atoms with Crippen molar-refractivity contribution < 1.29 is 22.4 Å². The highest BCUT2D eigenvalue weighted by Gasteiger charge is 2.36. The van der Waals surface area contributed by atoms with E-state index in [9.17, 15) is 18.0 Å². The molecule has 0 radical (unpaired) electrons. The van der Waals surface area contributed by atoms with Gasteiger partial charge in [0.15, 0.2) is 0 Å². The van der Waals surface area contributed by atoms with Gasteiger partial charge in [-0.15, -0.1) is 0 Å². The number of fused-ring (bicyclic) bond motifs is 3. The summed E-state index contributed by atoms with van der Waals surface area (Å²) in [4.78, 5) is 19.1. The van der Waals surface area contributed by atoms with Gasteiger partial charge in [-0.2, -0.15) is 13.2 Å². The lowest BCUT2D eigenvalue weighted by Crippen LogP contribution is -2.57. The lowest BCUT2D eigenvalue weighted by molar-refractivity contribution is -0.154. The molecular weight excluding hydrogens is 379 g/mol. The van der Waals surface area contributed by atoms with Crippen LogP contribution in [-0.4, -0.2) is 41.5 Å². The van der Waals surface area contributed by atoms with Crippen LogP contribution in [0.25, 0.3) is 0 Å². The van der Waals surface area contributed by atoms with Gasteiger partial charge in [0.05, 0.1) is 6.20 Å². The third-order valence-electron chi connectivity index (χ3n) is 5.06. The Morgan fingerprint density at radius 1 is 1.22 bits per heavy atom. The van der Waals surface area contributed by atoms with Crippen molar-refractivity contribution in [3.63, 3.8) is 0 Å². The molecule has 2 aromatic rings. The second kappa shape index (κ2) is 7.20. The third-order valence-corrected chi connectivity index (χ3v) is 5.93. The molecule has 144 valence electrons. The quantitative estimate of drug-likeness (QED) is 0.853. The number of amides is 1. The molecular formula is C18H18F3N3O2S. The molecule has 5 rings (SSSR count). The number of nitrogens with one attached hydrogen (secondary N) is 1. The number of piperidine rings is 3. The molecule has 1 amide bonds. The highest BCUT2D eigenvalue weighted by atomic mass is 32.2. The molecule has 3 aliphatic rings. The van der Waals surface area contributed by atoms with Crippen LogP contribution >= 0.6 is 11.8 Å². The van der Waals surface area contributed by atoms with Crippen molar-refractivity contribution in [1.82, 2.24) is 15.2 Å². The highest BCUT2D eigenvalue weighted by molar-refractivity contribution is 7.99. The van der Waals surface area contributed by atoms with E-state index in [-0.39, 0.29) is 17.2 Å². The summed E-state index contributed by atoms with van der Waals surface area (Å²) in [6.45, 7) is 3.12. The van der Waals surface area contributed by atoms with Gasteiger partial charge in [0.25, 0.3) is 11.1 Å². The van der Waals surface area contributed by atoms with Gasteiger partial charge in [0, 0.05) is 23.0 Å². The van der Waals surface area contributed by atoms with Crippen molar-refractivity contribution in [2.45, 2.75) is 35.2 Å². The van der Waals surface area contributed by atoms with Gasteiger partial charge in [-0.1, -0.05) is 0 Å². The van der Waals surface area contributed by atoms with E-state index in [4.69, 9.17) is 4.42 Å². The Labute approximate surface area is 158 Å². The van der Waals surface area contributed by atoms with Crippen molar-refractivity contribution in [3.05, 3.63) is 41.8 Å². The van der Waals surface area contributed by atoms with E-state index in [1.54, 1.807) is 24.3 Å². The largest absolute Gasteiger partial charge is 0.451 e. The van der Waals surface area contributed by atoms with Gasteiger partial charge in [-0.05, 0) is 67.9 Å². The molecule has 0 saturated carbocycles. The van der Waals surface area contributed by atoms with E-state index >= 15 is 0 Å². The fraction of sp³-hybridized carbons (Fsp3) is 0.444. The number of oxazole rings is 1. The predicted octanol–water partition coefficient (Wildman–Crippen LogP) is 3.67. The fourth-order valence-electron chi connectivity index (χ4n) is 3.59. The number of nitrogens with zero attached hydrogens (tertiary/aromatic N) is 2. The summed E-state index contributed by atoms with van der Waals surface area (Å²) in [5.74, 6) is -0.707. The van der Waals surface area contributed by atoms with Crippen molar-refractivity contribution >= 4 is 17.7 Å². The number of carbonyl (C=O) groups excluding carboxylic acids is 1. The first-order valence-electron chi connectivity index (χ1n) is 8.72. The molecule has 0 aliphatic carbocycles. The van der Waals surface area contributed by atoms with Gasteiger partial charge in [-0.3, -0.25) is 4.79 Å². The average Bonchev–Trinajstić information content (AvgIpc) is 3.12. The molecule has 1 N–H and O–H groups in total. The number of hydrogen-bond acceptors (Lipinski definition) is 5. The maximum atomic E-state index is 12.5. The van der Waals surface area contributed by atoms with Crippen LogP contribution in [0, 0.1) is 5.92 Å². The summed E-state index contributed by atoms with van der Waals surface area (Å²) < 4.78 is 42.3. The van der Waals surface area contributed by atoms with Gasteiger partial charge >= 0.3 is 6.18 Å². The van der Waals surface area contributed by atoms with Crippen LogP contribution < -0.4 is 5.32 Å². The Balaban J connectivity index is 1.37. The predicted molar refractivity (Wildman–Crippen MR) is 92.5 cm³/mol. The summed E-state index contributed by atoms with van der Waals surface area (Å²) in [6.07, 6.45) is -1.64. The fourth-order valence-corrected chi connectivity index (χ4v) is 4.30. The zero-order chi connectivity index (χ0) is 19.0. The van der Waals surface area contributed by atoms with E-state index in [0.29, 0.717) is 22.6 Å². The van der Waals surface area contributed by atoms with Gasteiger partial charge in [-0.25, -0.2) is 4.98 Å². The van der Waals surface area contributed by atoms with Gasteiger partial charge in [0.2, 0.25) is 5.76 Å². The van der Waals surface area contributed by atoms with Gasteiger partial charge < -0.3 is 14.6 Å². The van der Waals surface area contributed by atoms with Crippen molar-refractivity contribution in [1.29, 1.82) is 0 Å². The van der Waals surface area contributed by atoms with Crippen LogP contribution in [0.5, 0.6) is 0 Å². The number of aromatic nitrogens is 1. The number of alkyl halides is 3. The first-order chi connectivity index (χ1) is 12.9. The maximum Gasteiger partial charge on any atom is 0.451 e. The summed E-state index contributed by atoms with van der Waals surface area (Å²) in [5, 5.41) is 3.02. The molecule has 1 atom stereocenters. The average molecular weight is 397 g/mol. The lowest BCUT2D eigenvalue weighted by atomic mass is 9.84. The minimum atomic E-state index is -4.55. The molecule has 27 heavy (non-hydrogen) atoms. The Bertz CT molecular complexity index is 814. The van der Waals surface area contributed by atoms with E-state index in [2.05, 4.69) is 15.2 Å². The van der Waals surface area contributed by atoms with Crippen LogP contribution in [-0.2, 0) is 6.18 Å². The standard InChI is InChI=1S/C18H18F3N3O2S/c19-18(20,21)15-9-22-17(26-15)27-13-3-1-12(2-4-13)16(25)23-14-10-24-7-5-11(14)6-8-24/h1-4,9,11,14H,5-8,10H2,(H,23,25)/t14-/m0/s1. The van der Waals surface area contributed by atoms with E-state index in [1.807, 2.05) is 0 Å². The number of benzene rings is 1.